The van der Waals surface area contributed by atoms with Gasteiger partial charge in [-0.3, -0.25) is 0 Å². The average Bonchev–Trinajstić information content (AvgIpc) is 2.89. The fourth-order valence-corrected chi connectivity index (χ4v) is 2.34. The van der Waals surface area contributed by atoms with Gasteiger partial charge in [0, 0.05) is 6.54 Å². The van der Waals surface area contributed by atoms with Crippen LogP contribution >= 0.6 is 0 Å². The fourth-order valence-electron chi connectivity index (χ4n) is 2.34. The standard InChI is InChI=1S/C15H16FNO/c16-14-4-3-12-7-11(1-2-13(12)8-14)10-18-15-5-6-17-9-15/h1-4,7-8,15,17H,5-6,9-10H2/t15-/m1/s1. The summed E-state index contributed by atoms with van der Waals surface area (Å²) < 4.78 is 18.9. The van der Waals surface area contributed by atoms with Gasteiger partial charge in [0.25, 0.3) is 0 Å². The van der Waals surface area contributed by atoms with Gasteiger partial charge in [0.1, 0.15) is 5.82 Å². The molecule has 1 heterocycles. The van der Waals surface area contributed by atoms with Crippen molar-refractivity contribution < 1.29 is 9.13 Å². The van der Waals surface area contributed by atoms with Gasteiger partial charge in [0.05, 0.1) is 12.7 Å². The minimum Gasteiger partial charge on any atom is -0.372 e. The summed E-state index contributed by atoms with van der Waals surface area (Å²) in [6, 6.07) is 10.9. The maximum absolute atomic E-state index is 13.1. The second-order valence-corrected chi connectivity index (χ2v) is 4.75. The van der Waals surface area contributed by atoms with E-state index in [1.807, 2.05) is 18.2 Å². The first-order valence-electron chi connectivity index (χ1n) is 6.32. The zero-order valence-corrected chi connectivity index (χ0v) is 10.2. The van der Waals surface area contributed by atoms with Crippen LogP contribution in [0, 0.1) is 5.82 Å². The molecule has 1 atom stereocenters. The van der Waals surface area contributed by atoms with Crippen molar-refractivity contribution in [2.75, 3.05) is 13.1 Å². The number of benzene rings is 2. The van der Waals surface area contributed by atoms with Crippen molar-refractivity contribution in [3.8, 4) is 0 Å². The van der Waals surface area contributed by atoms with Crippen molar-refractivity contribution >= 4 is 10.8 Å². The van der Waals surface area contributed by atoms with Crippen LogP contribution in [0.25, 0.3) is 10.8 Å². The lowest BCUT2D eigenvalue weighted by atomic mass is 10.1. The molecule has 0 saturated carbocycles. The second kappa shape index (κ2) is 5.04. The lowest BCUT2D eigenvalue weighted by Gasteiger charge is -2.11. The van der Waals surface area contributed by atoms with Gasteiger partial charge in [-0.2, -0.15) is 0 Å². The summed E-state index contributed by atoms with van der Waals surface area (Å²) in [6.45, 7) is 2.61. The summed E-state index contributed by atoms with van der Waals surface area (Å²) in [7, 11) is 0. The maximum atomic E-state index is 13.1. The van der Waals surface area contributed by atoms with E-state index in [0.717, 1.165) is 35.8 Å². The molecule has 1 saturated heterocycles. The molecule has 0 spiro atoms. The van der Waals surface area contributed by atoms with Crippen LogP contribution in [0.4, 0.5) is 4.39 Å². The number of halogens is 1. The molecule has 18 heavy (non-hydrogen) atoms. The molecule has 3 heteroatoms. The van der Waals surface area contributed by atoms with Gasteiger partial charge in [0.15, 0.2) is 0 Å². The first kappa shape index (κ1) is 11.6. The predicted molar refractivity (Wildman–Crippen MR) is 70.0 cm³/mol. The average molecular weight is 245 g/mol. The maximum Gasteiger partial charge on any atom is 0.123 e. The Hall–Kier alpha value is -1.45. The number of fused-ring (bicyclic) bond motifs is 1. The van der Waals surface area contributed by atoms with Crippen LogP contribution in [0.15, 0.2) is 36.4 Å². The van der Waals surface area contributed by atoms with Crippen LogP contribution in [-0.4, -0.2) is 19.2 Å². The molecular formula is C15H16FNO. The normalized spacial score (nSPS) is 19.5. The molecule has 0 bridgehead atoms. The van der Waals surface area contributed by atoms with Crippen molar-refractivity contribution in [2.45, 2.75) is 19.1 Å². The van der Waals surface area contributed by atoms with Crippen LogP contribution in [0.2, 0.25) is 0 Å². The monoisotopic (exact) mass is 245 g/mol. The van der Waals surface area contributed by atoms with Crippen LogP contribution in [0.1, 0.15) is 12.0 Å². The highest BCUT2D eigenvalue weighted by Crippen LogP contribution is 2.18. The number of hydrogen-bond donors (Lipinski definition) is 1. The van der Waals surface area contributed by atoms with E-state index in [9.17, 15) is 4.39 Å². The summed E-state index contributed by atoms with van der Waals surface area (Å²) in [6.07, 6.45) is 1.41. The number of hydrogen-bond acceptors (Lipinski definition) is 2. The van der Waals surface area contributed by atoms with Gasteiger partial charge in [-0.1, -0.05) is 18.2 Å². The molecule has 1 aliphatic heterocycles. The topological polar surface area (TPSA) is 21.3 Å². The third-order valence-corrected chi connectivity index (χ3v) is 3.37. The molecule has 0 unspecified atom stereocenters. The van der Waals surface area contributed by atoms with Crippen molar-refractivity contribution in [2.24, 2.45) is 0 Å². The molecule has 3 rings (SSSR count). The Balaban J connectivity index is 1.74. The number of ether oxygens (including phenoxy) is 1. The van der Waals surface area contributed by atoms with Crippen molar-refractivity contribution in [1.82, 2.24) is 5.32 Å². The number of nitrogens with one attached hydrogen (secondary N) is 1. The molecular weight excluding hydrogens is 229 g/mol. The quantitative estimate of drug-likeness (QED) is 0.897. The van der Waals surface area contributed by atoms with Crippen molar-refractivity contribution in [3.63, 3.8) is 0 Å². The minimum atomic E-state index is -0.191. The van der Waals surface area contributed by atoms with Gasteiger partial charge in [-0.15, -0.1) is 0 Å². The summed E-state index contributed by atoms with van der Waals surface area (Å²) in [4.78, 5) is 0. The zero-order valence-electron chi connectivity index (χ0n) is 10.2. The summed E-state index contributed by atoms with van der Waals surface area (Å²) in [5.41, 5.74) is 1.14. The van der Waals surface area contributed by atoms with Gasteiger partial charge < -0.3 is 10.1 Å². The van der Waals surface area contributed by atoms with Crippen LogP contribution in [0.5, 0.6) is 0 Å². The summed E-state index contributed by atoms with van der Waals surface area (Å²) in [5.74, 6) is -0.191. The highest BCUT2D eigenvalue weighted by Gasteiger charge is 2.14. The molecule has 0 amide bonds. The molecule has 94 valence electrons. The highest BCUT2D eigenvalue weighted by molar-refractivity contribution is 5.83. The highest BCUT2D eigenvalue weighted by atomic mass is 19.1. The van der Waals surface area contributed by atoms with Crippen molar-refractivity contribution in [1.29, 1.82) is 0 Å². The van der Waals surface area contributed by atoms with Gasteiger partial charge in [-0.25, -0.2) is 4.39 Å². The fraction of sp³-hybridized carbons (Fsp3) is 0.333. The molecule has 1 aliphatic rings. The Labute approximate surface area is 106 Å². The third-order valence-electron chi connectivity index (χ3n) is 3.37. The predicted octanol–water partition coefficient (Wildman–Crippen LogP) is 2.86. The lowest BCUT2D eigenvalue weighted by molar-refractivity contribution is 0.0543. The van der Waals surface area contributed by atoms with E-state index in [2.05, 4.69) is 11.4 Å². The van der Waals surface area contributed by atoms with Crippen LogP contribution < -0.4 is 5.32 Å². The van der Waals surface area contributed by atoms with Gasteiger partial charge in [0.2, 0.25) is 0 Å². The van der Waals surface area contributed by atoms with E-state index in [0.29, 0.717) is 12.7 Å². The molecule has 0 aromatic heterocycles. The van der Waals surface area contributed by atoms with Gasteiger partial charge in [-0.05, 0) is 47.5 Å². The first-order valence-corrected chi connectivity index (χ1v) is 6.32. The zero-order chi connectivity index (χ0) is 12.4. The molecule has 0 radical (unpaired) electrons. The molecule has 2 aromatic rings. The Bertz CT molecular complexity index is 549. The molecule has 0 aliphatic carbocycles. The van der Waals surface area contributed by atoms with E-state index in [-0.39, 0.29) is 5.82 Å². The Kier molecular flexibility index (Phi) is 3.26. The third kappa shape index (κ3) is 2.52. The second-order valence-electron chi connectivity index (χ2n) is 4.75. The Morgan fingerprint density at radius 2 is 2.00 bits per heavy atom. The van der Waals surface area contributed by atoms with E-state index < -0.39 is 0 Å². The van der Waals surface area contributed by atoms with E-state index in [4.69, 9.17) is 4.74 Å². The Morgan fingerprint density at radius 1 is 1.17 bits per heavy atom. The molecule has 1 fully saturated rings. The van der Waals surface area contributed by atoms with E-state index in [1.54, 1.807) is 6.07 Å². The largest absolute Gasteiger partial charge is 0.372 e. The molecule has 1 N–H and O–H groups in total. The Morgan fingerprint density at radius 3 is 2.83 bits per heavy atom. The van der Waals surface area contributed by atoms with E-state index in [1.165, 1.54) is 6.07 Å². The van der Waals surface area contributed by atoms with E-state index >= 15 is 0 Å². The van der Waals surface area contributed by atoms with Crippen molar-refractivity contribution in [3.05, 3.63) is 47.8 Å². The minimum absolute atomic E-state index is 0.191. The first-order chi connectivity index (χ1) is 8.81. The summed E-state index contributed by atoms with van der Waals surface area (Å²) >= 11 is 0. The van der Waals surface area contributed by atoms with Gasteiger partial charge >= 0.3 is 0 Å². The van der Waals surface area contributed by atoms with Crippen LogP contribution in [-0.2, 0) is 11.3 Å². The summed E-state index contributed by atoms with van der Waals surface area (Å²) in [5, 5.41) is 5.27. The molecule has 2 aromatic carbocycles. The molecule has 2 nitrogen and oxygen atoms in total. The lowest BCUT2D eigenvalue weighted by Crippen LogP contribution is -2.16. The SMILES string of the molecule is Fc1ccc2cc(CO[C@@H]3CCNC3)ccc2c1. The van der Waals surface area contributed by atoms with Crippen LogP contribution in [0.3, 0.4) is 0 Å². The number of rotatable bonds is 3. The smallest absolute Gasteiger partial charge is 0.123 e.